The fraction of sp³-hybridized carbons (Fsp3) is 0.435. The molecule has 0 unspecified atom stereocenters. The number of rotatable bonds is 8. The third-order valence-electron chi connectivity index (χ3n) is 5.65. The van der Waals surface area contributed by atoms with Crippen molar-refractivity contribution in [3.8, 4) is 5.75 Å². The number of carbonyl (C=O) groups is 1. The largest absolute Gasteiger partial charge is 0.497 e. The minimum atomic E-state index is -3.72. The second-order valence-electron chi connectivity index (χ2n) is 7.83. The minimum absolute atomic E-state index is 0.0912. The van der Waals surface area contributed by atoms with Crippen LogP contribution in [0.5, 0.6) is 5.75 Å². The highest BCUT2D eigenvalue weighted by Crippen LogP contribution is 2.27. The quantitative estimate of drug-likeness (QED) is 0.604. The lowest BCUT2D eigenvalue weighted by Crippen LogP contribution is -2.38. The zero-order valence-corrected chi connectivity index (χ0v) is 19.9. The topological polar surface area (TPSA) is 75.7 Å². The second kappa shape index (κ2) is 10.5. The van der Waals surface area contributed by atoms with Crippen LogP contribution < -0.4 is 9.46 Å². The van der Waals surface area contributed by atoms with Gasteiger partial charge in [0.15, 0.2) is 0 Å². The van der Waals surface area contributed by atoms with E-state index in [2.05, 4.69) is 11.6 Å². The summed E-state index contributed by atoms with van der Waals surface area (Å²) in [5, 5.41) is 0. The first-order chi connectivity index (χ1) is 14.8. The van der Waals surface area contributed by atoms with Gasteiger partial charge in [-0.15, -0.1) is 11.8 Å². The Morgan fingerprint density at radius 2 is 1.84 bits per heavy atom. The van der Waals surface area contributed by atoms with Crippen molar-refractivity contribution in [3.05, 3.63) is 53.6 Å². The average molecular weight is 463 g/mol. The van der Waals surface area contributed by atoms with E-state index in [1.54, 1.807) is 19.2 Å². The molecule has 168 valence electrons. The first-order valence-corrected chi connectivity index (χ1v) is 13.1. The molecule has 0 bridgehead atoms. The van der Waals surface area contributed by atoms with E-state index in [0.29, 0.717) is 31.0 Å². The molecular weight excluding hydrogens is 432 g/mol. The van der Waals surface area contributed by atoms with E-state index in [1.165, 1.54) is 17.8 Å². The lowest BCUT2D eigenvalue weighted by atomic mass is 9.98. The number of methoxy groups -OCH3 is 1. The fourth-order valence-electron chi connectivity index (χ4n) is 3.61. The van der Waals surface area contributed by atoms with Crippen LogP contribution in [0.15, 0.2) is 52.3 Å². The lowest BCUT2D eigenvalue weighted by molar-refractivity contribution is 0.0693. The molecule has 1 saturated heterocycles. The van der Waals surface area contributed by atoms with Gasteiger partial charge >= 0.3 is 0 Å². The predicted octanol–water partition coefficient (Wildman–Crippen LogP) is 3.81. The summed E-state index contributed by atoms with van der Waals surface area (Å²) in [6.45, 7) is 3.89. The summed E-state index contributed by atoms with van der Waals surface area (Å²) < 4.78 is 33.5. The van der Waals surface area contributed by atoms with Crippen LogP contribution in [0.1, 0.15) is 35.7 Å². The normalized spacial score (nSPS) is 15.1. The summed E-state index contributed by atoms with van der Waals surface area (Å²) in [6.07, 6.45) is 4.41. The number of ether oxygens (including phenoxy) is 1. The maximum atomic E-state index is 13.1. The van der Waals surface area contributed by atoms with E-state index in [9.17, 15) is 13.2 Å². The van der Waals surface area contributed by atoms with E-state index in [4.69, 9.17) is 4.74 Å². The Kier molecular flexibility index (Phi) is 8.02. The van der Waals surface area contributed by atoms with E-state index in [0.717, 1.165) is 29.1 Å². The summed E-state index contributed by atoms with van der Waals surface area (Å²) in [5.74, 6) is 1.29. The number of amides is 1. The molecule has 0 aliphatic carbocycles. The van der Waals surface area contributed by atoms with Crippen LogP contribution in [0.3, 0.4) is 0 Å². The summed E-state index contributed by atoms with van der Waals surface area (Å²) >= 11 is 1.45. The van der Waals surface area contributed by atoms with Crippen molar-refractivity contribution >= 4 is 27.7 Å². The fourth-order valence-corrected chi connectivity index (χ4v) is 5.24. The number of sulfonamides is 1. The van der Waals surface area contributed by atoms with Crippen LogP contribution in [-0.4, -0.2) is 52.2 Å². The molecule has 2 aromatic rings. The van der Waals surface area contributed by atoms with Crippen LogP contribution in [-0.2, 0) is 16.4 Å². The van der Waals surface area contributed by atoms with Gasteiger partial charge in [-0.1, -0.05) is 19.1 Å². The Labute approximate surface area is 189 Å². The van der Waals surface area contributed by atoms with Crippen LogP contribution in [0.4, 0.5) is 0 Å². The molecule has 0 aromatic heterocycles. The molecule has 1 fully saturated rings. The molecule has 0 spiro atoms. The van der Waals surface area contributed by atoms with E-state index in [-0.39, 0.29) is 17.3 Å². The molecule has 1 amide bonds. The molecule has 31 heavy (non-hydrogen) atoms. The first kappa shape index (κ1) is 23.6. The van der Waals surface area contributed by atoms with Crippen molar-refractivity contribution in [2.24, 2.45) is 5.92 Å². The Balaban J connectivity index is 1.71. The zero-order valence-electron chi connectivity index (χ0n) is 18.3. The molecule has 2 aromatic carbocycles. The molecule has 1 aliphatic rings. The Morgan fingerprint density at radius 1 is 1.16 bits per heavy atom. The van der Waals surface area contributed by atoms with Gasteiger partial charge in [-0.05, 0) is 67.3 Å². The van der Waals surface area contributed by atoms with Gasteiger partial charge < -0.3 is 9.64 Å². The van der Waals surface area contributed by atoms with E-state index in [1.807, 2.05) is 35.4 Å². The van der Waals surface area contributed by atoms with Crippen molar-refractivity contribution in [1.82, 2.24) is 9.62 Å². The standard InChI is InChI=1S/C23H30N2O4S2/c1-17-11-14-25(15-12-17)23(26)21-16-20(8-9-22(21)30-3)31(27,28)24-13-10-18-4-6-19(29-2)7-5-18/h4-9,16-17,24H,10-15H2,1-3H3. The minimum Gasteiger partial charge on any atom is -0.497 e. The molecule has 3 rings (SSSR count). The van der Waals surface area contributed by atoms with Crippen LogP contribution >= 0.6 is 11.8 Å². The Bertz CT molecular complexity index is 999. The molecule has 6 nitrogen and oxygen atoms in total. The number of nitrogens with zero attached hydrogens (tertiary/aromatic N) is 1. The highest BCUT2D eigenvalue weighted by Gasteiger charge is 2.25. The second-order valence-corrected chi connectivity index (χ2v) is 10.4. The molecule has 0 saturated carbocycles. The first-order valence-electron chi connectivity index (χ1n) is 10.4. The highest BCUT2D eigenvalue weighted by molar-refractivity contribution is 7.98. The van der Waals surface area contributed by atoms with Gasteiger partial charge in [0.1, 0.15) is 5.75 Å². The zero-order chi connectivity index (χ0) is 22.4. The third-order valence-corrected chi connectivity index (χ3v) is 7.90. The molecule has 0 radical (unpaired) electrons. The maximum Gasteiger partial charge on any atom is 0.255 e. The van der Waals surface area contributed by atoms with E-state index < -0.39 is 10.0 Å². The third kappa shape index (κ3) is 6.02. The van der Waals surface area contributed by atoms with Crippen LogP contribution in [0.2, 0.25) is 0 Å². The summed E-state index contributed by atoms with van der Waals surface area (Å²) in [5.41, 5.74) is 1.47. The number of carbonyl (C=O) groups excluding carboxylic acids is 1. The number of hydrogen-bond donors (Lipinski definition) is 1. The number of likely N-dealkylation sites (tertiary alicyclic amines) is 1. The van der Waals surface area contributed by atoms with Gasteiger partial charge in [-0.3, -0.25) is 4.79 Å². The Morgan fingerprint density at radius 3 is 2.45 bits per heavy atom. The number of nitrogens with one attached hydrogen (secondary N) is 1. The van der Waals surface area contributed by atoms with Gasteiger partial charge in [0.25, 0.3) is 5.91 Å². The number of benzene rings is 2. The molecule has 1 aliphatic heterocycles. The van der Waals surface area contributed by atoms with Gasteiger partial charge in [-0.25, -0.2) is 13.1 Å². The van der Waals surface area contributed by atoms with Gasteiger partial charge in [0.2, 0.25) is 10.0 Å². The number of thioether (sulfide) groups is 1. The SMILES string of the molecule is COc1ccc(CCNS(=O)(=O)c2ccc(SC)c(C(=O)N3CCC(C)CC3)c2)cc1. The maximum absolute atomic E-state index is 13.1. The summed E-state index contributed by atoms with van der Waals surface area (Å²) in [6, 6.07) is 12.3. The van der Waals surface area contributed by atoms with Crippen molar-refractivity contribution in [1.29, 1.82) is 0 Å². The monoisotopic (exact) mass is 462 g/mol. The van der Waals surface area contributed by atoms with Crippen molar-refractivity contribution < 1.29 is 17.9 Å². The average Bonchev–Trinajstić information content (AvgIpc) is 2.79. The lowest BCUT2D eigenvalue weighted by Gasteiger charge is -2.30. The van der Waals surface area contributed by atoms with Crippen LogP contribution in [0.25, 0.3) is 0 Å². The summed E-state index contributed by atoms with van der Waals surface area (Å²) in [7, 11) is -2.11. The Hall–Kier alpha value is -2.03. The molecule has 1 heterocycles. The molecule has 0 atom stereocenters. The van der Waals surface area contributed by atoms with Crippen molar-refractivity contribution in [2.75, 3.05) is 33.0 Å². The van der Waals surface area contributed by atoms with E-state index >= 15 is 0 Å². The predicted molar refractivity (Wildman–Crippen MR) is 124 cm³/mol. The number of piperidine rings is 1. The van der Waals surface area contributed by atoms with Crippen LogP contribution in [0, 0.1) is 5.92 Å². The highest BCUT2D eigenvalue weighted by atomic mass is 32.2. The summed E-state index contributed by atoms with van der Waals surface area (Å²) in [4.78, 5) is 15.9. The van der Waals surface area contributed by atoms with Gasteiger partial charge in [0.05, 0.1) is 17.6 Å². The van der Waals surface area contributed by atoms with Crippen molar-refractivity contribution in [2.45, 2.75) is 36.0 Å². The van der Waals surface area contributed by atoms with Gasteiger partial charge in [-0.2, -0.15) is 0 Å². The van der Waals surface area contributed by atoms with Gasteiger partial charge in [0, 0.05) is 24.5 Å². The number of hydrogen-bond acceptors (Lipinski definition) is 5. The molecule has 1 N–H and O–H groups in total. The molecular formula is C23H30N2O4S2. The van der Waals surface area contributed by atoms with Crippen molar-refractivity contribution in [3.63, 3.8) is 0 Å². The smallest absolute Gasteiger partial charge is 0.255 e. The molecule has 8 heteroatoms.